The minimum absolute atomic E-state index is 0.000116. The van der Waals surface area contributed by atoms with Gasteiger partial charge in [-0.3, -0.25) is 24.3 Å². The number of non-ortho nitro benzene ring substituents is 1. The molecular formula is C22H23N5O5S. The van der Waals surface area contributed by atoms with Crippen LogP contribution in [0.5, 0.6) is 0 Å². The molecule has 1 heterocycles. The lowest BCUT2D eigenvalue weighted by molar-refractivity contribution is -0.384. The lowest BCUT2D eigenvalue weighted by atomic mass is 10.2. The van der Waals surface area contributed by atoms with Gasteiger partial charge in [-0.25, -0.2) is 0 Å². The van der Waals surface area contributed by atoms with E-state index in [-0.39, 0.29) is 37.6 Å². The van der Waals surface area contributed by atoms with Crippen molar-refractivity contribution >= 4 is 29.3 Å². The smallest absolute Gasteiger partial charge is 0.306 e. The molecule has 0 bridgehead atoms. The number of carbonyl (C=O) groups excluding carboxylic acids is 2. The van der Waals surface area contributed by atoms with Gasteiger partial charge in [0.2, 0.25) is 5.91 Å². The normalized spacial score (nSPS) is 10.6. The fraction of sp³-hybridized carbons (Fsp3) is 0.273. The molecule has 0 aliphatic heterocycles. The number of amides is 1. The van der Waals surface area contributed by atoms with Crippen molar-refractivity contribution in [2.24, 2.45) is 0 Å². The van der Waals surface area contributed by atoms with E-state index in [1.54, 1.807) is 23.6 Å². The Labute approximate surface area is 194 Å². The predicted octanol–water partition coefficient (Wildman–Crippen LogP) is 3.43. The van der Waals surface area contributed by atoms with Gasteiger partial charge >= 0.3 is 5.97 Å². The van der Waals surface area contributed by atoms with E-state index in [1.807, 2.05) is 30.3 Å². The van der Waals surface area contributed by atoms with E-state index in [0.717, 1.165) is 5.56 Å². The maximum absolute atomic E-state index is 12.2. The minimum atomic E-state index is -0.467. The van der Waals surface area contributed by atoms with E-state index >= 15 is 0 Å². The van der Waals surface area contributed by atoms with Gasteiger partial charge in [-0.2, -0.15) is 0 Å². The predicted molar refractivity (Wildman–Crippen MR) is 122 cm³/mol. The maximum Gasteiger partial charge on any atom is 0.306 e. The number of nitro groups is 1. The number of carbonyl (C=O) groups is 2. The van der Waals surface area contributed by atoms with Crippen molar-refractivity contribution in [3.63, 3.8) is 0 Å². The highest BCUT2D eigenvalue weighted by Crippen LogP contribution is 2.26. The molecule has 0 saturated carbocycles. The van der Waals surface area contributed by atoms with Crippen LogP contribution in [0, 0.1) is 10.1 Å². The molecule has 0 aliphatic carbocycles. The maximum atomic E-state index is 12.2. The molecule has 0 radical (unpaired) electrons. The van der Waals surface area contributed by atoms with E-state index in [2.05, 4.69) is 15.5 Å². The van der Waals surface area contributed by atoms with Crippen LogP contribution >= 0.6 is 11.8 Å². The number of nitro benzene ring substituents is 1. The van der Waals surface area contributed by atoms with Crippen molar-refractivity contribution in [1.29, 1.82) is 0 Å². The summed E-state index contributed by atoms with van der Waals surface area (Å²) in [5, 5.41) is 22.8. The molecule has 0 fully saturated rings. The van der Waals surface area contributed by atoms with Gasteiger partial charge in [0, 0.05) is 30.0 Å². The lowest BCUT2D eigenvalue weighted by Crippen LogP contribution is -2.25. The van der Waals surface area contributed by atoms with E-state index in [0.29, 0.717) is 22.4 Å². The van der Waals surface area contributed by atoms with Gasteiger partial charge in [0.1, 0.15) is 0 Å². The summed E-state index contributed by atoms with van der Waals surface area (Å²) < 4.78 is 6.58. The standard InChI is InChI=1S/C22H23N5O5S/c1-2-32-21(29)13-12-20(28)23-14-19-24-25-22(33-15-16-6-4-3-5-7-16)26(19)17-8-10-18(11-9-17)27(30)31/h3-11H,2,12-15H2,1H3,(H,23,28). The molecule has 2 aromatic carbocycles. The zero-order valence-corrected chi connectivity index (χ0v) is 18.8. The van der Waals surface area contributed by atoms with Crippen LogP contribution in [0.3, 0.4) is 0 Å². The van der Waals surface area contributed by atoms with Gasteiger partial charge in [-0.05, 0) is 24.6 Å². The SMILES string of the molecule is CCOC(=O)CCC(=O)NCc1nnc(SCc2ccccc2)n1-c1ccc([N+](=O)[O-])cc1. The number of rotatable bonds is 11. The Balaban J connectivity index is 1.76. The molecular weight excluding hydrogens is 446 g/mol. The van der Waals surface area contributed by atoms with Crippen molar-refractivity contribution in [2.45, 2.75) is 37.2 Å². The Morgan fingerprint density at radius 2 is 1.82 bits per heavy atom. The monoisotopic (exact) mass is 469 g/mol. The van der Waals surface area contributed by atoms with Gasteiger partial charge in [-0.15, -0.1) is 10.2 Å². The first kappa shape index (κ1) is 23.9. The average molecular weight is 470 g/mol. The summed E-state index contributed by atoms with van der Waals surface area (Å²) in [5.41, 5.74) is 1.71. The highest BCUT2D eigenvalue weighted by molar-refractivity contribution is 7.98. The zero-order valence-electron chi connectivity index (χ0n) is 18.0. The zero-order chi connectivity index (χ0) is 23.6. The second-order valence-electron chi connectivity index (χ2n) is 6.86. The molecule has 1 N–H and O–H groups in total. The molecule has 172 valence electrons. The number of esters is 1. The summed E-state index contributed by atoms with van der Waals surface area (Å²) in [6.07, 6.45) is -0.00693. The van der Waals surface area contributed by atoms with Gasteiger partial charge in [0.15, 0.2) is 11.0 Å². The number of hydrogen-bond donors (Lipinski definition) is 1. The van der Waals surface area contributed by atoms with Crippen molar-refractivity contribution in [2.75, 3.05) is 6.61 Å². The van der Waals surface area contributed by atoms with Crippen LogP contribution in [-0.4, -0.2) is 38.2 Å². The lowest BCUT2D eigenvalue weighted by Gasteiger charge is -2.11. The number of ether oxygens (including phenoxy) is 1. The Morgan fingerprint density at radius 1 is 1.09 bits per heavy atom. The summed E-state index contributed by atoms with van der Waals surface area (Å²) in [6, 6.07) is 15.9. The first-order chi connectivity index (χ1) is 16.0. The van der Waals surface area contributed by atoms with E-state index in [9.17, 15) is 19.7 Å². The first-order valence-electron chi connectivity index (χ1n) is 10.3. The van der Waals surface area contributed by atoms with Crippen LogP contribution in [0.1, 0.15) is 31.2 Å². The number of aromatic nitrogens is 3. The molecule has 11 heteroatoms. The minimum Gasteiger partial charge on any atom is -0.466 e. The molecule has 0 saturated heterocycles. The largest absolute Gasteiger partial charge is 0.466 e. The number of nitrogens with one attached hydrogen (secondary N) is 1. The Hall–Kier alpha value is -3.73. The summed E-state index contributed by atoms with van der Waals surface area (Å²) >= 11 is 1.46. The number of hydrogen-bond acceptors (Lipinski definition) is 8. The topological polar surface area (TPSA) is 129 Å². The van der Waals surface area contributed by atoms with Crippen molar-refractivity contribution in [1.82, 2.24) is 20.1 Å². The Kier molecular flexibility index (Phi) is 8.53. The average Bonchev–Trinajstić information content (AvgIpc) is 3.23. The molecule has 0 atom stereocenters. The molecule has 0 aliphatic rings. The number of thioether (sulfide) groups is 1. The van der Waals surface area contributed by atoms with Crippen LogP contribution in [0.2, 0.25) is 0 Å². The first-order valence-corrected chi connectivity index (χ1v) is 11.2. The molecule has 0 unspecified atom stereocenters. The molecule has 33 heavy (non-hydrogen) atoms. The Bertz CT molecular complexity index is 1100. The van der Waals surface area contributed by atoms with Gasteiger partial charge in [0.25, 0.3) is 5.69 Å². The van der Waals surface area contributed by atoms with Gasteiger partial charge in [0.05, 0.1) is 24.5 Å². The third-order valence-electron chi connectivity index (χ3n) is 4.54. The second kappa shape index (κ2) is 11.8. The van der Waals surface area contributed by atoms with Crippen LogP contribution in [0.15, 0.2) is 59.8 Å². The van der Waals surface area contributed by atoms with Crippen molar-refractivity contribution in [3.8, 4) is 5.69 Å². The Morgan fingerprint density at radius 3 is 2.48 bits per heavy atom. The third-order valence-corrected chi connectivity index (χ3v) is 5.54. The van der Waals surface area contributed by atoms with Crippen molar-refractivity contribution < 1.29 is 19.2 Å². The fourth-order valence-corrected chi connectivity index (χ4v) is 3.85. The van der Waals surface area contributed by atoms with Gasteiger partial charge < -0.3 is 10.1 Å². The molecule has 1 amide bonds. The summed E-state index contributed by atoms with van der Waals surface area (Å²) in [7, 11) is 0. The van der Waals surface area contributed by atoms with Crippen LogP contribution < -0.4 is 5.32 Å². The summed E-state index contributed by atoms with van der Waals surface area (Å²) in [5.74, 6) is 0.364. The van der Waals surface area contributed by atoms with Gasteiger partial charge in [-0.1, -0.05) is 42.1 Å². The quantitative estimate of drug-likeness (QED) is 0.196. The molecule has 0 spiro atoms. The molecule has 1 aromatic heterocycles. The number of nitrogens with zero attached hydrogens (tertiary/aromatic N) is 4. The van der Waals surface area contributed by atoms with Crippen LogP contribution in [-0.2, 0) is 26.6 Å². The summed E-state index contributed by atoms with van der Waals surface area (Å²) in [4.78, 5) is 34.1. The van der Waals surface area contributed by atoms with Crippen molar-refractivity contribution in [3.05, 3.63) is 76.1 Å². The molecule has 3 aromatic rings. The van der Waals surface area contributed by atoms with E-state index in [1.165, 1.54) is 23.9 Å². The third kappa shape index (κ3) is 6.88. The highest BCUT2D eigenvalue weighted by Gasteiger charge is 2.17. The van der Waals surface area contributed by atoms with Crippen LogP contribution in [0.4, 0.5) is 5.69 Å². The number of benzene rings is 2. The second-order valence-corrected chi connectivity index (χ2v) is 7.81. The van der Waals surface area contributed by atoms with E-state index in [4.69, 9.17) is 4.74 Å². The van der Waals surface area contributed by atoms with E-state index < -0.39 is 10.9 Å². The molecule has 10 nitrogen and oxygen atoms in total. The fourth-order valence-electron chi connectivity index (χ4n) is 2.93. The summed E-state index contributed by atoms with van der Waals surface area (Å²) in [6.45, 7) is 2.05. The van der Waals surface area contributed by atoms with Crippen LogP contribution in [0.25, 0.3) is 5.69 Å². The molecule has 3 rings (SSSR count). The highest BCUT2D eigenvalue weighted by atomic mass is 32.2.